The van der Waals surface area contributed by atoms with Gasteiger partial charge in [-0.3, -0.25) is 0 Å². The molecule has 0 aliphatic heterocycles. The van der Waals surface area contributed by atoms with E-state index >= 15 is 0 Å². The third kappa shape index (κ3) is 3.05. The molecule has 0 aliphatic rings. The number of aromatic nitrogens is 3. The van der Waals surface area contributed by atoms with Gasteiger partial charge in [0.2, 0.25) is 5.16 Å². The van der Waals surface area contributed by atoms with E-state index in [1.165, 1.54) is 18.0 Å². The number of sulfone groups is 1. The molecule has 0 N–H and O–H groups in total. The predicted octanol–water partition coefficient (Wildman–Crippen LogP) is 1.57. The Hall–Kier alpha value is -1.47. The summed E-state index contributed by atoms with van der Waals surface area (Å²) in [5.41, 5.74) is 0.401. The fourth-order valence-corrected chi connectivity index (χ4v) is 2.99. The van der Waals surface area contributed by atoms with Gasteiger partial charge in [0.05, 0.1) is 22.5 Å². The van der Waals surface area contributed by atoms with Crippen LogP contribution in [-0.4, -0.2) is 29.9 Å². The Bertz CT molecular complexity index is 630. The quantitative estimate of drug-likeness (QED) is 0.792. The van der Waals surface area contributed by atoms with Gasteiger partial charge in [-0.05, 0) is 18.4 Å². The molecule has 0 fully saturated rings. The molecule has 1 heterocycles. The molecule has 1 aromatic carbocycles. The number of hydrogen-bond donors (Lipinski definition) is 0. The zero-order chi connectivity index (χ0) is 13.0. The Morgan fingerprint density at radius 1 is 1.22 bits per heavy atom. The Labute approximate surface area is 110 Å². The Morgan fingerprint density at radius 3 is 2.61 bits per heavy atom. The summed E-state index contributed by atoms with van der Waals surface area (Å²) >= 11 is 1.33. The van der Waals surface area contributed by atoms with E-state index in [-0.39, 0.29) is 10.6 Å². The zero-order valence-electron chi connectivity index (χ0n) is 9.65. The maximum Gasteiger partial charge on any atom is 0.209 e. The van der Waals surface area contributed by atoms with Gasteiger partial charge in [0, 0.05) is 0 Å². The summed E-state index contributed by atoms with van der Waals surface area (Å²) in [5, 5.41) is 7.97. The summed E-state index contributed by atoms with van der Waals surface area (Å²) < 4.78 is 24.2. The van der Waals surface area contributed by atoms with Crippen molar-refractivity contribution in [3.63, 3.8) is 0 Å². The first-order chi connectivity index (χ1) is 8.62. The largest absolute Gasteiger partial charge is 0.223 e. The molecule has 5 nitrogen and oxygen atoms in total. The fourth-order valence-electron chi connectivity index (χ4n) is 1.38. The van der Waals surface area contributed by atoms with Crippen molar-refractivity contribution in [2.75, 3.05) is 6.26 Å². The molecular weight excluding hydrogens is 270 g/mol. The maximum atomic E-state index is 12.1. The van der Waals surface area contributed by atoms with Crippen LogP contribution < -0.4 is 0 Å². The Kier molecular flexibility index (Phi) is 3.93. The average molecular weight is 281 g/mol. The highest BCUT2D eigenvalue weighted by atomic mass is 32.2. The van der Waals surface area contributed by atoms with Crippen LogP contribution in [0.25, 0.3) is 0 Å². The summed E-state index contributed by atoms with van der Waals surface area (Å²) in [7, 11) is -3.38. The molecule has 0 radical (unpaired) electrons. The van der Waals surface area contributed by atoms with Gasteiger partial charge in [0.1, 0.15) is 0 Å². The molecule has 0 aliphatic carbocycles. The van der Waals surface area contributed by atoms with E-state index in [1.54, 1.807) is 30.3 Å². The first kappa shape index (κ1) is 13.0. The minimum Gasteiger partial charge on any atom is -0.223 e. The van der Waals surface area contributed by atoms with Crippen molar-refractivity contribution in [2.45, 2.75) is 15.8 Å². The van der Waals surface area contributed by atoms with Gasteiger partial charge in [0.25, 0.3) is 0 Å². The first-order valence-corrected chi connectivity index (χ1v) is 8.00. The molecule has 0 amide bonds. The molecule has 7 heteroatoms. The van der Waals surface area contributed by atoms with Crippen molar-refractivity contribution >= 4 is 21.6 Å². The van der Waals surface area contributed by atoms with Crippen LogP contribution in [0.5, 0.6) is 0 Å². The molecule has 2 rings (SSSR count). The topological polar surface area (TPSA) is 72.8 Å². The molecule has 18 heavy (non-hydrogen) atoms. The molecule has 0 atom stereocenters. The second-order valence-electron chi connectivity index (χ2n) is 3.51. The van der Waals surface area contributed by atoms with Crippen LogP contribution in [0.3, 0.4) is 0 Å². The summed E-state index contributed by atoms with van der Waals surface area (Å²) in [4.78, 5) is 4.40. The summed E-state index contributed by atoms with van der Waals surface area (Å²) in [6.45, 7) is 0. The molecule has 0 unspecified atom stereocenters. The number of benzene rings is 1. The standard InChI is InChI=1S/C11H11N3O2S2/c1-17-11-13-9(7-12-14-11)8-18(15,16)10-5-3-2-4-6-10/h2-7H,8H2,1H3. The van der Waals surface area contributed by atoms with E-state index < -0.39 is 9.84 Å². The van der Waals surface area contributed by atoms with Crippen LogP contribution in [-0.2, 0) is 15.6 Å². The number of nitrogens with zero attached hydrogens (tertiary/aromatic N) is 3. The van der Waals surface area contributed by atoms with Crippen molar-refractivity contribution < 1.29 is 8.42 Å². The summed E-state index contributed by atoms with van der Waals surface area (Å²) in [6, 6.07) is 8.30. The molecule has 0 bridgehead atoms. The predicted molar refractivity (Wildman–Crippen MR) is 68.9 cm³/mol. The molecule has 0 saturated carbocycles. The van der Waals surface area contributed by atoms with Crippen molar-refractivity contribution in [3.8, 4) is 0 Å². The van der Waals surface area contributed by atoms with Crippen LogP contribution in [0.4, 0.5) is 0 Å². The second-order valence-corrected chi connectivity index (χ2v) is 6.27. The van der Waals surface area contributed by atoms with Crippen LogP contribution in [0.1, 0.15) is 5.69 Å². The molecule has 1 aromatic heterocycles. The third-order valence-corrected chi connectivity index (χ3v) is 4.42. The first-order valence-electron chi connectivity index (χ1n) is 5.12. The minimum absolute atomic E-state index is 0.167. The zero-order valence-corrected chi connectivity index (χ0v) is 11.3. The van der Waals surface area contributed by atoms with Crippen LogP contribution in [0, 0.1) is 0 Å². The molecule has 2 aromatic rings. The lowest BCUT2D eigenvalue weighted by atomic mass is 10.4. The second kappa shape index (κ2) is 5.45. The number of rotatable bonds is 4. The van der Waals surface area contributed by atoms with Crippen molar-refractivity contribution in [1.82, 2.24) is 15.2 Å². The third-order valence-electron chi connectivity index (χ3n) is 2.21. The van der Waals surface area contributed by atoms with Crippen LogP contribution in [0.2, 0.25) is 0 Å². The van der Waals surface area contributed by atoms with E-state index in [0.29, 0.717) is 10.9 Å². The van der Waals surface area contributed by atoms with E-state index in [4.69, 9.17) is 0 Å². The minimum atomic E-state index is -3.38. The highest BCUT2D eigenvalue weighted by Crippen LogP contribution is 2.15. The molecule has 0 saturated heterocycles. The molecule has 0 spiro atoms. The van der Waals surface area contributed by atoms with Gasteiger partial charge >= 0.3 is 0 Å². The maximum absolute atomic E-state index is 12.1. The highest BCUT2D eigenvalue weighted by molar-refractivity contribution is 7.98. The fraction of sp³-hybridized carbons (Fsp3) is 0.182. The lowest BCUT2D eigenvalue weighted by Crippen LogP contribution is -2.07. The normalized spacial score (nSPS) is 11.4. The molecular formula is C11H11N3O2S2. The monoisotopic (exact) mass is 281 g/mol. The highest BCUT2D eigenvalue weighted by Gasteiger charge is 2.16. The van der Waals surface area contributed by atoms with Crippen molar-refractivity contribution in [3.05, 3.63) is 42.2 Å². The van der Waals surface area contributed by atoms with Gasteiger partial charge in [-0.15, -0.1) is 5.10 Å². The van der Waals surface area contributed by atoms with E-state index in [1.807, 2.05) is 6.26 Å². The Balaban J connectivity index is 2.28. The van der Waals surface area contributed by atoms with Crippen molar-refractivity contribution in [1.29, 1.82) is 0 Å². The van der Waals surface area contributed by atoms with Gasteiger partial charge in [-0.25, -0.2) is 13.4 Å². The SMILES string of the molecule is CSc1nncc(CS(=O)(=O)c2ccccc2)n1. The van der Waals surface area contributed by atoms with Gasteiger partial charge < -0.3 is 0 Å². The van der Waals surface area contributed by atoms with Crippen molar-refractivity contribution in [2.24, 2.45) is 0 Å². The van der Waals surface area contributed by atoms with E-state index in [2.05, 4.69) is 15.2 Å². The van der Waals surface area contributed by atoms with Gasteiger partial charge in [-0.2, -0.15) is 5.10 Å². The summed E-state index contributed by atoms with van der Waals surface area (Å²) in [6.07, 6.45) is 3.19. The number of thioether (sulfide) groups is 1. The van der Waals surface area contributed by atoms with Gasteiger partial charge in [-0.1, -0.05) is 30.0 Å². The lowest BCUT2D eigenvalue weighted by Gasteiger charge is -2.03. The smallest absolute Gasteiger partial charge is 0.209 e. The summed E-state index contributed by atoms with van der Waals surface area (Å²) in [5.74, 6) is -0.167. The van der Waals surface area contributed by atoms with Crippen LogP contribution >= 0.6 is 11.8 Å². The van der Waals surface area contributed by atoms with E-state index in [0.717, 1.165) is 0 Å². The van der Waals surface area contributed by atoms with Gasteiger partial charge in [0.15, 0.2) is 9.84 Å². The lowest BCUT2D eigenvalue weighted by molar-refractivity contribution is 0.593. The average Bonchev–Trinajstić information content (AvgIpc) is 2.39. The Morgan fingerprint density at radius 2 is 1.94 bits per heavy atom. The molecule has 94 valence electrons. The number of hydrogen-bond acceptors (Lipinski definition) is 6. The van der Waals surface area contributed by atoms with E-state index in [9.17, 15) is 8.42 Å². The van der Waals surface area contributed by atoms with Crippen LogP contribution in [0.15, 0.2) is 46.6 Å².